The Balaban J connectivity index is 1.56. The van der Waals surface area contributed by atoms with Crippen LogP contribution in [0.15, 0.2) is 48.5 Å². The Labute approximate surface area is 142 Å². The average molecular weight is 325 g/mol. The highest BCUT2D eigenvalue weighted by Crippen LogP contribution is 2.41. The Kier molecular flexibility index (Phi) is 5.04. The second-order valence-corrected chi connectivity index (χ2v) is 6.26. The molecule has 4 heteroatoms. The van der Waals surface area contributed by atoms with Gasteiger partial charge in [0, 0.05) is 0 Å². The maximum Gasteiger partial charge on any atom is 0.258 e. The van der Waals surface area contributed by atoms with Crippen molar-refractivity contribution >= 4 is 5.91 Å². The van der Waals surface area contributed by atoms with Gasteiger partial charge in [-0.1, -0.05) is 29.8 Å². The number of benzene rings is 2. The Morgan fingerprint density at radius 1 is 1.08 bits per heavy atom. The van der Waals surface area contributed by atoms with Crippen LogP contribution in [-0.2, 0) is 4.79 Å². The second-order valence-electron chi connectivity index (χ2n) is 6.26. The molecule has 4 nitrogen and oxygen atoms in total. The van der Waals surface area contributed by atoms with Crippen LogP contribution in [0.2, 0.25) is 0 Å². The predicted octanol–water partition coefficient (Wildman–Crippen LogP) is 3.65. The molecule has 1 amide bonds. The zero-order chi connectivity index (χ0) is 16.9. The Morgan fingerprint density at radius 2 is 1.71 bits per heavy atom. The SMILES string of the molecule is COc1ccc(OCC(=O)NC(c2ccc(C)cc2)C2CC2)cc1. The summed E-state index contributed by atoms with van der Waals surface area (Å²) >= 11 is 0. The van der Waals surface area contributed by atoms with Crippen molar-refractivity contribution in [1.82, 2.24) is 5.32 Å². The first-order valence-electron chi connectivity index (χ1n) is 8.28. The molecule has 0 heterocycles. The number of carbonyl (C=O) groups excluding carboxylic acids is 1. The molecule has 1 aliphatic carbocycles. The predicted molar refractivity (Wildman–Crippen MR) is 93.3 cm³/mol. The molecule has 126 valence electrons. The quantitative estimate of drug-likeness (QED) is 0.845. The van der Waals surface area contributed by atoms with Crippen LogP contribution in [0.25, 0.3) is 0 Å². The number of nitrogens with one attached hydrogen (secondary N) is 1. The Morgan fingerprint density at radius 3 is 2.29 bits per heavy atom. The zero-order valence-corrected chi connectivity index (χ0v) is 14.1. The van der Waals surface area contributed by atoms with Crippen LogP contribution >= 0.6 is 0 Å². The van der Waals surface area contributed by atoms with Crippen LogP contribution in [0.5, 0.6) is 11.5 Å². The average Bonchev–Trinajstić information content (AvgIpc) is 3.44. The topological polar surface area (TPSA) is 47.6 Å². The lowest BCUT2D eigenvalue weighted by molar-refractivity contribution is -0.124. The van der Waals surface area contributed by atoms with Crippen LogP contribution in [0.4, 0.5) is 0 Å². The van der Waals surface area contributed by atoms with Crippen LogP contribution in [-0.4, -0.2) is 19.6 Å². The lowest BCUT2D eigenvalue weighted by atomic mass is 10.0. The van der Waals surface area contributed by atoms with Gasteiger partial charge in [-0.3, -0.25) is 4.79 Å². The molecule has 0 bridgehead atoms. The number of hydrogen-bond acceptors (Lipinski definition) is 3. The highest BCUT2D eigenvalue weighted by Gasteiger charge is 2.33. The van der Waals surface area contributed by atoms with Crippen molar-refractivity contribution in [3.05, 3.63) is 59.7 Å². The molecule has 1 saturated carbocycles. The number of methoxy groups -OCH3 is 1. The van der Waals surface area contributed by atoms with Crippen molar-refractivity contribution < 1.29 is 14.3 Å². The van der Waals surface area contributed by atoms with E-state index in [2.05, 4.69) is 36.5 Å². The van der Waals surface area contributed by atoms with Crippen molar-refractivity contribution in [3.8, 4) is 11.5 Å². The first-order chi connectivity index (χ1) is 11.7. The largest absolute Gasteiger partial charge is 0.497 e. The smallest absolute Gasteiger partial charge is 0.258 e. The first kappa shape index (κ1) is 16.4. The summed E-state index contributed by atoms with van der Waals surface area (Å²) in [6.45, 7) is 2.08. The number of amides is 1. The minimum atomic E-state index is -0.0942. The third kappa shape index (κ3) is 4.28. The summed E-state index contributed by atoms with van der Waals surface area (Å²) in [4.78, 5) is 12.3. The molecule has 1 unspecified atom stereocenters. The Hall–Kier alpha value is -2.49. The van der Waals surface area contributed by atoms with E-state index in [0.29, 0.717) is 11.7 Å². The van der Waals surface area contributed by atoms with E-state index in [4.69, 9.17) is 9.47 Å². The summed E-state index contributed by atoms with van der Waals surface area (Å²) in [6.07, 6.45) is 2.33. The lowest BCUT2D eigenvalue weighted by Gasteiger charge is -2.19. The first-order valence-corrected chi connectivity index (χ1v) is 8.28. The molecule has 0 radical (unpaired) electrons. The molecule has 1 fully saturated rings. The van der Waals surface area contributed by atoms with E-state index in [1.807, 2.05) is 12.1 Å². The fraction of sp³-hybridized carbons (Fsp3) is 0.350. The molecule has 0 aromatic heterocycles. The normalized spacial score (nSPS) is 14.8. The number of rotatable bonds is 7. The molecule has 1 atom stereocenters. The highest BCUT2D eigenvalue weighted by molar-refractivity contribution is 5.78. The van der Waals surface area contributed by atoms with Crippen LogP contribution in [0.1, 0.15) is 30.0 Å². The molecule has 0 spiro atoms. The second kappa shape index (κ2) is 7.39. The molecule has 0 saturated heterocycles. The lowest BCUT2D eigenvalue weighted by Crippen LogP contribution is -2.33. The molecular formula is C20H23NO3. The van der Waals surface area contributed by atoms with Crippen molar-refractivity contribution in [2.75, 3.05) is 13.7 Å². The maximum absolute atomic E-state index is 12.3. The number of hydrogen-bond donors (Lipinski definition) is 1. The molecule has 0 aliphatic heterocycles. The molecule has 24 heavy (non-hydrogen) atoms. The molecule has 1 N–H and O–H groups in total. The van der Waals surface area contributed by atoms with Crippen molar-refractivity contribution in [3.63, 3.8) is 0 Å². The summed E-state index contributed by atoms with van der Waals surface area (Å²) in [5.41, 5.74) is 2.39. The van der Waals surface area contributed by atoms with Crippen LogP contribution in [0.3, 0.4) is 0 Å². The minimum absolute atomic E-state index is 0.0153. The molecule has 3 rings (SSSR count). The third-order valence-electron chi connectivity index (χ3n) is 4.28. The molecule has 1 aliphatic rings. The van der Waals surface area contributed by atoms with E-state index in [-0.39, 0.29) is 18.6 Å². The number of aryl methyl sites for hydroxylation is 1. The van der Waals surface area contributed by atoms with Gasteiger partial charge in [-0.25, -0.2) is 0 Å². The summed E-state index contributed by atoms with van der Waals surface area (Å²) in [7, 11) is 1.62. The van der Waals surface area contributed by atoms with E-state index in [1.54, 1.807) is 19.2 Å². The highest BCUT2D eigenvalue weighted by atomic mass is 16.5. The third-order valence-corrected chi connectivity index (χ3v) is 4.28. The van der Waals surface area contributed by atoms with Crippen molar-refractivity contribution in [2.24, 2.45) is 5.92 Å². The van der Waals surface area contributed by atoms with Gasteiger partial charge >= 0.3 is 0 Å². The summed E-state index contributed by atoms with van der Waals surface area (Å²) in [5.74, 6) is 1.87. The molecule has 2 aromatic rings. The monoisotopic (exact) mass is 325 g/mol. The molecular weight excluding hydrogens is 302 g/mol. The molecule has 2 aromatic carbocycles. The summed E-state index contributed by atoms with van der Waals surface area (Å²) in [5, 5.41) is 3.12. The summed E-state index contributed by atoms with van der Waals surface area (Å²) < 4.78 is 10.7. The fourth-order valence-electron chi connectivity index (χ4n) is 2.71. The van der Waals surface area contributed by atoms with Gasteiger partial charge in [0.2, 0.25) is 0 Å². The van der Waals surface area contributed by atoms with Gasteiger partial charge in [-0.05, 0) is 55.5 Å². The van der Waals surface area contributed by atoms with Gasteiger partial charge in [0.25, 0.3) is 5.91 Å². The van der Waals surface area contributed by atoms with Gasteiger partial charge in [0.15, 0.2) is 6.61 Å². The zero-order valence-electron chi connectivity index (χ0n) is 14.1. The number of carbonyl (C=O) groups is 1. The van der Waals surface area contributed by atoms with Crippen LogP contribution in [0, 0.1) is 12.8 Å². The van der Waals surface area contributed by atoms with Gasteiger partial charge in [-0.15, -0.1) is 0 Å². The number of ether oxygens (including phenoxy) is 2. The van der Waals surface area contributed by atoms with E-state index in [0.717, 1.165) is 18.6 Å². The van der Waals surface area contributed by atoms with Gasteiger partial charge in [0.05, 0.1) is 13.2 Å². The van der Waals surface area contributed by atoms with E-state index in [9.17, 15) is 4.79 Å². The van der Waals surface area contributed by atoms with Gasteiger partial charge in [-0.2, -0.15) is 0 Å². The van der Waals surface area contributed by atoms with E-state index >= 15 is 0 Å². The van der Waals surface area contributed by atoms with E-state index in [1.165, 1.54) is 11.1 Å². The maximum atomic E-state index is 12.3. The van der Waals surface area contributed by atoms with Crippen molar-refractivity contribution in [1.29, 1.82) is 0 Å². The standard InChI is InChI=1S/C20H23NO3/c1-14-3-5-15(6-4-14)20(16-7-8-16)21-19(22)13-24-18-11-9-17(23-2)10-12-18/h3-6,9-12,16,20H,7-8,13H2,1-2H3,(H,21,22). The summed E-state index contributed by atoms with van der Waals surface area (Å²) in [6, 6.07) is 15.7. The fourth-order valence-corrected chi connectivity index (χ4v) is 2.71. The van der Waals surface area contributed by atoms with Crippen LogP contribution < -0.4 is 14.8 Å². The minimum Gasteiger partial charge on any atom is -0.497 e. The van der Waals surface area contributed by atoms with E-state index < -0.39 is 0 Å². The van der Waals surface area contributed by atoms with Crippen molar-refractivity contribution in [2.45, 2.75) is 25.8 Å². The Bertz CT molecular complexity index is 675. The van der Waals surface area contributed by atoms with Gasteiger partial charge < -0.3 is 14.8 Å². The van der Waals surface area contributed by atoms with Gasteiger partial charge in [0.1, 0.15) is 11.5 Å².